The average Bonchev–Trinajstić information content (AvgIpc) is 2.10. The second kappa shape index (κ2) is 5.29. The van der Waals surface area contributed by atoms with E-state index in [1.807, 2.05) is 0 Å². The third-order valence-corrected chi connectivity index (χ3v) is 2.00. The summed E-state index contributed by atoms with van der Waals surface area (Å²) in [5.41, 5.74) is 0.512. The van der Waals surface area contributed by atoms with Crippen molar-refractivity contribution in [2.45, 2.75) is 19.6 Å². The molecule has 0 fully saturated rings. The minimum Gasteiger partial charge on any atom is -0.392 e. The summed E-state index contributed by atoms with van der Waals surface area (Å²) in [5.74, 6) is -0.285. The summed E-state index contributed by atoms with van der Waals surface area (Å²) in [7, 11) is 0. The summed E-state index contributed by atoms with van der Waals surface area (Å²) < 4.78 is 13.1. The Labute approximate surface area is 87.7 Å². The first-order valence-electron chi connectivity index (χ1n) is 4.42. The van der Waals surface area contributed by atoms with Crippen LogP contribution in [0, 0.1) is 5.82 Å². The maximum atomic E-state index is 13.1. The van der Waals surface area contributed by atoms with Crippen molar-refractivity contribution < 1.29 is 9.50 Å². The molecule has 1 atom stereocenters. The molecule has 0 heterocycles. The highest BCUT2D eigenvalue weighted by Gasteiger charge is 2.02. The zero-order valence-corrected chi connectivity index (χ0v) is 8.68. The first kappa shape index (κ1) is 11.4. The van der Waals surface area contributed by atoms with Crippen LogP contribution in [-0.4, -0.2) is 17.8 Å². The number of benzene rings is 1. The van der Waals surface area contributed by atoms with E-state index in [1.165, 1.54) is 12.1 Å². The summed E-state index contributed by atoms with van der Waals surface area (Å²) >= 11 is 5.71. The second-order valence-electron chi connectivity index (χ2n) is 3.22. The fourth-order valence-electron chi connectivity index (χ4n) is 1.09. The summed E-state index contributed by atoms with van der Waals surface area (Å²) in [6.45, 7) is 2.48. The highest BCUT2D eigenvalue weighted by atomic mass is 35.5. The Kier molecular flexibility index (Phi) is 4.32. The Morgan fingerprint density at radius 2 is 2.29 bits per heavy atom. The molecule has 0 amide bonds. The van der Waals surface area contributed by atoms with Crippen molar-refractivity contribution in [3.63, 3.8) is 0 Å². The fraction of sp³-hybridized carbons (Fsp3) is 0.400. The van der Waals surface area contributed by atoms with Crippen LogP contribution in [0.25, 0.3) is 0 Å². The van der Waals surface area contributed by atoms with Crippen LogP contribution >= 0.6 is 11.6 Å². The number of halogens is 2. The molecule has 78 valence electrons. The molecular formula is C10H13ClFNO. The van der Waals surface area contributed by atoms with Crippen molar-refractivity contribution in [3.8, 4) is 0 Å². The van der Waals surface area contributed by atoms with E-state index in [0.29, 0.717) is 23.7 Å². The van der Waals surface area contributed by atoms with E-state index in [0.717, 1.165) is 0 Å². The van der Waals surface area contributed by atoms with Crippen LogP contribution in [0.1, 0.15) is 12.5 Å². The zero-order chi connectivity index (χ0) is 10.6. The Bertz CT molecular complexity index is 304. The van der Waals surface area contributed by atoms with Crippen LogP contribution in [0.15, 0.2) is 18.2 Å². The smallest absolute Gasteiger partial charge is 0.127 e. The summed E-state index contributed by atoms with van der Waals surface area (Å²) in [4.78, 5) is 0. The van der Waals surface area contributed by atoms with Gasteiger partial charge in [0.15, 0.2) is 0 Å². The Morgan fingerprint density at radius 1 is 1.57 bits per heavy atom. The zero-order valence-electron chi connectivity index (χ0n) is 7.93. The number of aliphatic hydroxyl groups is 1. The number of hydrogen-bond donors (Lipinski definition) is 2. The molecule has 1 aromatic rings. The van der Waals surface area contributed by atoms with Gasteiger partial charge in [0.1, 0.15) is 5.82 Å². The van der Waals surface area contributed by atoms with Crippen molar-refractivity contribution in [1.29, 1.82) is 0 Å². The lowest BCUT2D eigenvalue weighted by atomic mass is 10.2. The van der Waals surface area contributed by atoms with Crippen molar-refractivity contribution in [2.75, 3.05) is 6.54 Å². The Morgan fingerprint density at radius 3 is 2.93 bits per heavy atom. The molecule has 0 aliphatic carbocycles. The average molecular weight is 218 g/mol. The number of nitrogens with one attached hydrogen (secondary N) is 1. The highest BCUT2D eigenvalue weighted by Crippen LogP contribution is 2.14. The van der Waals surface area contributed by atoms with Crippen LogP contribution in [0.2, 0.25) is 5.02 Å². The van der Waals surface area contributed by atoms with Gasteiger partial charge in [-0.3, -0.25) is 0 Å². The summed E-state index contributed by atoms with van der Waals surface area (Å²) in [6.07, 6.45) is -0.433. The highest BCUT2D eigenvalue weighted by molar-refractivity contribution is 6.30. The van der Waals surface area contributed by atoms with Gasteiger partial charge in [0, 0.05) is 23.7 Å². The molecule has 2 N–H and O–H groups in total. The monoisotopic (exact) mass is 217 g/mol. The van der Waals surface area contributed by atoms with Crippen molar-refractivity contribution in [2.24, 2.45) is 0 Å². The SMILES string of the molecule is C[C@@H](O)CNCc1cc(Cl)ccc1F. The normalized spacial score (nSPS) is 12.9. The van der Waals surface area contributed by atoms with Crippen LogP contribution in [0.5, 0.6) is 0 Å². The predicted molar refractivity (Wildman–Crippen MR) is 54.8 cm³/mol. The second-order valence-corrected chi connectivity index (χ2v) is 3.65. The van der Waals surface area contributed by atoms with E-state index in [2.05, 4.69) is 5.32 Å². The molecule has 0 spiro atoms. The first-order valence-corrected chi connectivity index (χ1v) is 4.80. The van der Waals surface area contributed by atoms with Gasteiger partial charge in [0.25, 0.3) is 0 Å². The van der Waals surface area contributed by atoms with Gasteiger partial charge in [0.05, 0.1) is 6.10 Å². The molecule has 0 aromatic heterocycles. The number of aliphatic hydroxyl groups excluding tert-OH is 1. The third kappa shape index (κ3) is 3.62. The lowest BCUT2D eigenvalue weighted by Gasteiger charge is -2.07. The molecule has 1 aromatic carbocycles. The maximum Gasteiger partial charge on any atom is 0.127 e. The van der Waals surface area contributed by atoms with Gasteiger partial charge in [0.2, 0.25) is 0 Å². The maximum absolute atomic E-state index is 13.1. The topological polar surface area (TPSA) is 32.3 Å². The van der Waals surface area contributed by atoms with E-state index in [1.54, 1.807) is 13.0 Å². The van der Waals surface area contributed by atoms with Gasteiger partial charge in [-0.05, 0) is 25.1 Å². The molecule has 1 rings (SSSR count). The molecule has 0 aliphatic heterocycles. The summed E-state index contributed by atoms with van der Waals surface area (Å²) in [6, 6.07) is 4.42. The van der Waals surface area contributed by atoms with Gasteiger partial charge in [-0.25, -0.2) is 4.39 Å². The molecular weight excluding hydrogens is 205 g/mol. The lowest BCUT2D eigenvalue weighted by molar-refractivity contribution is 0.191. The number of hydrogen-bond acceptors (Lipinski definition) is 2. The minimum absolute atomic E-state index is 0.285. The molecule has 0 radical (unpaired) electrons. The van der Waals surface area contributed by atoms with Crippen LogP contribution in [-0.2, 0) is 6.54 Å². The largest absolute Gasteiger partial charge is 0.392 e. The Hall–Kier alpha value is -0.640. The molecule has 2 nitrogen and oxygen atoms in total. The molecule has 0 saturated carbocycles. The quantitative estimate of drug-likeness (QED) is 0.808. The summed E-state index contributed by atoms with van der Waals surface area (Å²) in [5, 5.41) is 12.4. The van der Waals surface area contributed by atoms with Crippen LogP contribution in [0.4, 0.5) is 4.39 Å². The lowest BCUT2D eigenvalue weighted by Crippen LogP contribution is -2.24. The molecule has 4 heteroatoms. The molecule has 0 unspecified atom stereocenters. The predicted octanol–water partition coefficient (Wildman–Crippen LogP) is 1.95. The van der Waals surface area contributed by atoms with Gasteiger partial charge in [-0.1, -0.05) is 11.6 Å². The number of rotatable bonds is 4. The molecule has 0 aliphatic rings. The minimum atomic E-state index is -0.433. The van der Waals surface area contributed by atoms with Gasteiger partial charge < -0.3 is 10.4 Å². The van der Waals surface area contributed by atoms with Crippen LogP contribution < -0.4 is 5.32 Å². The van der Waals surface area contributed by atoms with Crippen molar-refractivity contribution in [3.05, 3.63) is 34.6 Å². The first-order chi connectivity index (χ1) is 6.59. The van der Waals surface area contributed by atoms with Crippen LogP contribution in [0.3, 0.4) is 0 Å². The van der Waals surface area contributed by atoms with E-state index in [-0.39, 0.29) is 5.82 Å². The molecule has 14 heavy (non-hydrogen) atoms. The van der Waals surface area contributed by atoms with Crippen molar-refractivity contribution in [1.82, 2.24) is 5.32 Å². The third-order valence-electron chi connectivity index (χ3n) is 1.76. The van der Waals surface area contributed by atoms with E-state index in [4.69, 9.17) is 16.7 Å². The fourth-order valence-corrected chi connectivity index (χ4v) is 1.29. The molecule has 0 bridgehead atoms. The standard InChI is InChI=1S/C10H13ClFNO/c1-7(14)5-13-6-8-4-9(11)2-3-10(8)12/h2-4,7,13-14H,5-6H2,1H3/t7-/m1/s1. The van der Waals surface area contributed by atoms with Crippen molar-refractivity contribution >= 4 is 11.6 Å². The van der Waals surface area contributed by atoms with E-state index < -0.39 is 6.10 Å². The van der Waals surface area contributed by atoms with Gasteiger partial charge in [-0.15, -0.1) is 0 Å². The van der Waals surface area contributed by atoms with Gasteiger partial charge in [-0.2, -0.15) is 0 Å². The molecule has 0 saturated heterocycles. The van der Waals surface area contributed by atoms with Gasteiger partial charge >= 0.3 is 0 Å². The Balaban J connectivity index is 2.53. The van der Waals surface area contributed by atoms with E-state index >= 15 is 0 Å². The van der Waals surface area contributed by atoms with E-state index in [9.17, 15) is 4.39 Å².